The lowest BCUT2D eigenvalue weighted by atomic mass is 10.0. The number of amides is 1. The highest BCUT2D eigenvalue weighted by Gasteiger charge is 2.31. The highest BCUT2D eigenvalue weighted by Crippen LogP contribution is 2.22. The molecule has 2 fully saturated rings. The first-order chi connectivity index (χ1) is 11.7. The van der Waals surface area contributed by atoms with Crippen LogP contribution in [0.25, 0.3) is 0 Å². The molecule has 24 heavy (non-hydrogen) atoms. The van der Waals surface area contributed by atoms with Gasteiger partial charge in [-0.25, -0.2) is 0 Å². The molecule has 0 bridgehead atoms. The van der Waals surface area contributed by atoms with Crippen molar-refractivity contribution in [3.05, 3.63) is 5.82 Å². The lowest BCUT2D eigenvalue weighted by Crippen LogP contribution is -2.47. The summed E-state index contributed by atoms with van der Waals surface area (Å²) in [6.45, 7) is 3.79. The van der Waals surface area contributed by atoms with Gasteiger partial charge in [-0.15, -0.1) is 10.2 Å². The fourth-order valence-electron chi connectivity index (χ4n) is 3.55. The smallest absolute Gasteiger partial charge is 0.224 e. The van der Waals surface area contributed by atoms with Gasteiger partial charge in [0.1, 0.15) is 0 Å². The SMILES string of the molecule is N[C@H]1CC[C@@H](C(=O)NCCc2nn[nH]n2)CN(C2CCOCC2)C1. The van der Waals surface area contributed by atoms with E-state index in [1.54, 1.807) is 0 Å². The van der Waals surface area contributed by atoms with Gasteiger partial charge in [0.15, 0.2) is 5.82 Å². The maximum absolute atomic E-state index is 12.5. The first kappa shape index (κ1) is 17.2. The molecule has 0 unspecified atom stereocenters. The molecular formula is C15H27N7O2. The lowest BCUT2D eigenvalue weighted by molar-refractivity contribution is -0.125. The van der Waals surface area contributed by atoms with Gasteiger partial charge in [-0.1, -0.05) is 5.21 Å². The van der Waals surface area contributed by atoms with Crippen LogP contribution in [0.3, 0.4) is 0 Å². The monoisotopic (exact) mass is 337 g/mol. The van der Waals surface area contributed by atoms with Crippen molar-refractivity contribution < 1.29 is 9.53 Å². The molecule has 3 rings (SSSR count). The Morgan fingerprint density at radius 2 is 2.12 bits per heavy atom. The number of carbonyl (C=O) groups excluding carboxylic acids is 1. The van der Waals surface area contributed by atoms with E-state index in [4.69, 9.17) is 10.5 Å². The molecule has 1 aromatic rings. The van der Waals surface area contributed by atoms with Crippen molar-refractivity contribution in [1.29, 1.82) is 0 Å². The van der Waals surface area contributed by atoms with Gasteiger partial charge in [0.25, 0.3) is 0 Å². The van der Waals surface area contributed by atoms with E-state index in [-0.39, 0.29) is 17.9 Å². The molecule has 0 aromatic carbocycles. The van der Waals surface area contributed by atoms with Crippen molar-refractivity contribution >= 4 is 5.91 Å². The lowest BCUT2D eigenvalue weighted by Gasteiger charge is -2.35. The Morgan fingerprint density at radius 1 is 1.29 bits per heavy atom. The molecule has 3 heterocycles. The van der Waals surface area contributed by atoms with Crippen LogP contribution in [-0.4, -0.2) is 76.4 Å². The van der Waals surface area contributed by atoms with Gasteiger partial charge in [0.2, 0.25) is 5.91 Å². The maximum Gasteiger partial charge on any atom is 0.224 e. The van der Waals surface area contributed by atoms with Crippen LogP contribution in [0, 0.1) is 5.92 Å². The topological polar surface area (TPSA) is 122 Å². The molecular weight excluding hydrogens is 310 g/mol. The third-order valence-corrected chi connectivity index (χ3v) is 4.92. The zero-order chi connectivity index (χ0) is 16.8. The van der Waals surface area contributed by atoms with E-state index in [2.05, 4.69) is 30.8 Å². The largest absolute Gasteiger partial charge is 0.381 e. The summed E-state index contributed by atoms with van der Waals surface area (Å²) in [4.78, 5) is 15.0. The van der Waals surface area contributed by atoms with Crippen molar-refractivity contribution in [2.24, 2.45) is 11.7 Å². The average molecular weight is 337 g/mol. The molecule has 2 aliphatic rings. The van der Waals surface area contributed by atoms with Gasteiger partial charge >= 0.3 is 0 Å². The molecule has 9 heteroatoms. The third kappa shape index (κ3) is 4.71. The van der Waals surface area contributed by atoms with Gasteiger partial charge in [0.05, 0.1) is 5.92 Å². The van der Waals surface area contributed by atoms with Crippen LogP contribution in [0.5, 0.6) is 0 Å². The summed E-state index contributed by atoms with van der Waals surface area (Å²) in [5.41, 5.74) is 6.23. The molecule has 0 aliphatic carbocycles. The van der Waals surface area contributed by atoms with E-state index < -0.39 is 0 Å². The second kappa shape index (κ2) is 8.50. The first-order valence-electron chi connectivity index (χ1n) is 8.80. The Labute approximate surface area is 141 Å². The number of aromatic nitrogens is 4. The Balaban J connectivity index is 1.51. The van der Waals surface area contributed by atoms with Crippen LogP contribution in [0.2, 0.25) is 0 Å². The molecule has 4 N–H and O–H groups in total. The number of nitrogens with two attached hydrogens (primary N) is 1. The Hall–Kier alpha value is -1.58. The molecule has 1 amide bonds. The summed E-state index contributed by atoms with van der Waals surface area (Å²) < 4.78 is 5.45. The van der Waals surface area contributed by atoms with Gasteiger partial charge < -0.3 is 15.8 Å². The highest BCUT2D eigenvalue weighted by atomic mass is 16.5. The molecule has 2 atom stereocenters. The molecule has 9 nitrogen and oxygen atoms in total. The quantitative estimate of drug-likeness (QED) is 0.635. The first-order valence-corrected chi connectivity index (χ1v) is 8.80. The number of H-pyrrole nitrogens is 1. The minimum Gasteiger partial charge on any atom is -0.381 e. The zero-order valence-electron chi connectivity index (χ0n) is 14.0. The van der Waals surface area contributed by atoms with E-state index in [1.165, 1.54) is 0 Å². The minimum atomic E-state index is -0.00772. The number of ether oxygens (including phenoxy) is 1. The third-order valence-electron chi connectivity index (χ3n) is 4.92. The number of hydrogen-bond acceptors (Lipinski definition) is 7. The fourth-order valence-corrected chi connectivity index (χ4v) is 3.55. The Bertz CT molecular complexity index is 504. The summed E-state index contributed by atoms with van der Waals surface area (Å²) in [5.74, 6) is 0.707. The van der Waals surface area contributed by atoms with E-state index >= 15 is 0 Å². The van der Waals surface area contributed by atoms with Crippen LogP contribution in [-0.2, 0) is 16.0 Å². The zero-order valence-corrected chi connectivity index (χ0v) is 14.0. The van der Waals surface area contributed by atoms with Gasteiger partial charge in [-0.3, -0.25) is 9.69 Å². The number of tetrazole rings is 1. The van der Waals surface area contributed by atoms with E-state index in [0.29, 0.717) is 24.8 Å². The molecule has 0 saturated carbocycles. The second-order valence-electron chi connectivity index (χ2n) is 6.70. The van der Waals surface area contributed by atoms with Gasteiger partial charge in [0, 0.05) is 51.4 Å². The number of aromatic amines is 1. The average Bonchev–Trinajstić information content (AvgIpc) is 3.03. The normalized spacial score (nSPS) is 26.9. The maximum atomic E-state index is 12.5. The summed E-state index contributed by atoms with van der Waals surface area (Å²) >= 11 is 0. The van der Waals surface area contributed by atoms with Crippen LogP contribution >= 0.6 is 0 Å². The number of carbonyl (C=O) groups is 1. The van der Waals surface area contributed by atoms with Crippen molar-refractivity contribution in [2.45, 2.75) is 44.2 Å². The molecule has 1 aromatic heterocycles. The number of nitrogens with zero attached hydrogens (tertiary/aromatic N) is 4. The van der Waals surface area contributed by atoms with Crippen molar-refractivity contribution in [3.8, 4) is 0 Å². The summed E-state index contributed by atoms with van der Waals surface area (Å²) in [7, 11) is 0. The molecule has 2 aliphatic heterocycles. The molecule has 134 valence electrons. The van der Waals surface area contributed by atoms with Gasteiger partial charge in [-0.05, 0) is 25.7 Å². The van der Waals surface area contributed by atoms with Crippen LogP contribution < -0.4 is 11.1 Å². The summed E-state index contributed by atoms with van der Waals surface area (Å²) in [6, 6.07) is 0.627. The summed E-state index contributed by atoms with van der Waals surface area (Å²) in [5, 5.41) is 16.7. The van der Waals surface area contributed by atoms with E-state index in [0.717, 1.165) is 52.0 Å². The Kier molecular flexibility index (Phi) is 6.11. The van der Waals surface area contributed by atoms with E-state index in [9.17, 15) is 4.79 Å². The van der Waals surface area contributed by atoms with Crippen molar-refractivity contribution in [1.82, 2.24) is 30.8 Å². The number of likely N-dealkylation sites (tertiary alicyclic amines) is 1. The molecule has 0 spiro atoms. The minimum absolute atomic E-state index is 0.00772. The fraction of sp³-hybridized carbons (Fsp3) is 0.867. The predicted molar refractivity (Wildman–Crippen MR) is 87.0 cm³/mol. The van der Waals surface area contributed by atoms with Crippen LogP contribution in [0.4, 0.5) is 0 Å². The molecule has 2 saturated heterocycles. The number of nitrogens with one attached hydrogen (secondary N) is 2. The predicted octanol–water partition coefficient (Wildman–Crippen LogP) is -0.923. The number of hydrogen-bond donors (Lipinski definition) is 3. The van der Waals surface area contributed by atoms with Gasteiger partial charge in [-0.2, -0.15) is 5.21 Å². The van der Waals surface area contributed by atoms with Crippen molar-refractivity contribution in [2.75, 3.05) is 32.8 Å². The molecule has 0 radical (unpaired) electrons. The number of rotatable bonds is 5. The Morgan fingerprint density at radius 3 is 2.88 bits per heavy atom. The standard InChI is InChI=1S/C15H27N7O2/c16-12-2-1-11(9-22(10-12)13-4-7-24-8-5-13)15(23)17-6-3-14-18-20-21-19-14/h11-13H,1-10,16H2,(H,17,23)(H,18,19,20,21)/t11-,12+/m1/s1. The van der Waals surface area contributed by atoms with Crippen molar-refractivity contribution in [3.63, 3.8) is 0 Å². The second-order valence-corrected chi connectivity index (χ2v) is 6.70. The highest BCUT2D eigenvalue weighted by molar-refractivity contribution is 5.78. The van der Waals surface area contributed by atoms with Crippen LogP contribution in [0.1, 0.15) is 31.5 Å². The summed E-state index contributed by atoms with van der Waals surface area (Å²) in [6.07, 6.45) is 4.37. The van der Waals surface area contributed by atoms with Crippen LogP contribution in [0.15, 0.2) is 0 Å². The van der Waals surface area contributed by atoms with E-state index in [1.807, 2.05) is 0 Å².